The molecule has 2 N–H and O–H groups in total. The first kappa shape index (κ1) is 21.4. The van der Waals surface area contributed by atoms with Crippen LogP contribution in [0.3, 0.4) is 0 Å². The number of hydrogen-bond acceptors (Lipinski definition) is 3. The maximum Gasteiger partial charge on any atom is 0.191 e. The van der Waals surface area contributed by atoms with Gasteiger partial charge in [-0.3, -0.25) is 4.99 Å². The molecule has 0 saturated carbocycles. The first-order chi connectivity index (χ1) is 14.7. The van der Waals surface area contributed by atoms with E-state index in [1.165, 1.54) is 16.7 Å². The lowest BCUT2D eigenvalue weighted by molar-refractivity contribution is 0.414. The summed E-state index contributed by atoms with van der Waals surface area (Å²) in [5.74, 6) is 2.17. The number of benzene rings is 2. The van der Waals surface area contributed by atoms with Crippen LogP contribution < -0.4 is 15.4 Å². The number of ether oxygens (including phenoxy) is 1. The fourth-order valence-corrected chi connectivity index (χ4v) is 3.27. The molecule has 0 fully saturated rings. The van der Waals surface area contributed by atoms with E-state index in [9.17, 15) is 0 Å². The average Bonchev–Trinajstić information content (AvgIpc) is 3.30. The topological polar surface area (TPSA) is 63.5 Å². The molecule has 6 nitrogen and oxygen atoms in total. The van der Waals surface area contributed by atoms with Gasteiger partial charge in [0, 0.05) is 39.1 Å². The van der Waals surface area contributed by atoms with Crippen molar-refractivity contribution in [3.05, 3.63) is 83.9 Å². The molecule has 0 aliphatic heterocycles. The van der Waals surface area contributed by atoms with Crippen molar-refractivity contribution in [1.82, 2.24) is 20.2 Å². The second-order valence-corrected chi connectivity index (χ2v) is 7.37. The third-order valence-corrected chi connectivity index (χ3v) is 5.19. The molecule has 0 amide bonds. The third-order valence-electron chi connectivity index (χ3n) is 5.19. The van der Waals surface area contributed by atoms with Crippen molar-refractivity contribution in [2.45, 2.75) is 32.4 Å². The monoisotopic (exact) mass is 405 g/mol. The maximum absolute atomic E-state index is 5.23. The normalized spacial score (nSPS) is 12.4. The van der Waals surface area contributed by atoms with E-state index in [1.807, 2.05) is 24.7 Å². The van der Waals surface area contributed by atoms with Crippen molar-refractivity contribution in [3.63, 3.8) is 0 Å². The SMILES string of the molecule is CN=C(NCCC(C)c1ccc(OC)cc1)NCc1ccc(Cn2ccnc2)cc1. The Morgan fingerprint density at radius 1 is 1.07 bits per heavy atom. The fraction of sp³-hybridized carbons (Fsp3) is 0.333. The van der Waals surface area contributed by atoms with Gasteiger partial charge in [0.25, 0.3) is 0 Å². The summed E-state index contributed by atoms with van der Waals surface area (Å²) in [4.78, 5) is 8.41. The summed E-state index contributed by atoms with van der Waals surface area (Å²) in [6.45, 7) is 4.67. The molecule has 0 saturated heterocycles. The van der Waals surface area contributed by atoms with E-state index in [0.717, 1.165) is 37.8 Å². The minimum absolute atomic E-state index is 0.463. The standard InChI is InChI=1S/C24H31N5O/c1-19(22-8-10-23(30-3)11-9-22)12-13-27-24(25-2)28-16-20-4-6-21(7-5-20)17-29-15-14-26-18-29/h4-11,14-15,18-19H,12-13,16-17H2,1-3H3,(H2,25,27,28). The minimum Gasteiger partial charge on any atom is -0.497 e. The van der Waals surface area contributed by atoms with Crippen LogP contribution in [-0.4, -0.2) is 36.2 Å². The zero-order valence-electron chi connectivity index (χ0n) is 18.0. The highest BCUT2D eigenvalue weighted by Crippen LogP contribution is 2.21. The van der Waals surface area contributed by atoms with E-state index >= 15 is 0 Å². The summed E-state index contributed by atoms with van der Waals surface area (Å²) in [5, 5.41) is 6.79. The summed E-state index contributed by atoms with van der Waals surface area (Å²) >= 11 is 0. The molecule has 3 rings (SSSR count). The molecule has 1 aromatic heterocycles. The summed E-state index contributed by atoms with van der Waals surface area (Å²) in [5.41, 5.74) is 3.79. The first-order valence-electron chi connectivity index (χ1n) is 10.3. The Labute approximate surface area is 179 Å². The van der Waals surface area contributed by atoms with Crippen molar-refractivity contribution in [1.29, 1.82) is 0 Å². The number of nitrogens with zero attached hydrogens (tertiary/aromatic N) is 3. The molecular weight excluding hydrogens is 374 g/mol. The van der Waals surface area contributed by atoms with E-state index in [-0.39, 0.29) is 0 Å². The number of hydrogen-bond donors (Lipinski definition) is 2. The predicted octanol–water partition coefficient (Wildman–Crippen LogP) is 3.80. The number of guanidine groups is 1. The Morgan fingerprint density at radius 2 is 1.80 bits per heavy atom. The lowest BCUT2D eigenvalue weighted by Gasteiger charge is -2.16. The fourth-order valence-electron chi connectivity index (χ4n) is 3.27. The highest BCUT2D eigenvalue weighted by Gasteiger charge is 2.06. The molecule has 0 aliphatic carbocycles. The molecule has 1 atom stereocenters. The highest BCUT2D eigenvalue weighted by atomic mass is 16.5. The first-order valence-corrected chi connectivity index (χ1v) is 10.3. The highest BCUT2D eigenvalue weighted by molar-refractivity contribution is 5.79. The van der Waals surface area contributed by atoms with Crippen LogP contribution in [0.1, 0.15) is 36.0 Å². The van der Waals surface area contributed by atoms with Crippen LogP contribution in [0.4, 0.5) is 0 Å². The largest absolute Gasteiger partial charge is 0.497 e. The Morgan fingerprint density at radius 3 is 2.43 bits per heavy atom. The summed E-state index contributed by atoms with van der Waals surface area (Å²) < 4.78 is 7.29. The lowest BCUT2D eigenvalue weighted by Crippen LogP contribution is -2.37. The van der Waals surface area contributed by atoms with E-state index in [0.29, 0.717) is 5.92 Å². The predicted molar refractivity (Wildman–Crippen MR) is 122 cm³/mol. The van der Waals surface area contributed by atoms with Gasteiger partial charge in [-0.25, -0.2) is 4.98 Å². The van der Waals surface area contributed by atoms with Crippen molar-refractivity contribution < 1.29 is 4.74 Å². The number of rotatable bonds is 9. The Hall–Kier alpha value is -3.28. The molecule has 0 radical (unpaired) electrons. The summed E-state index contributed by atoms with van der Waals surface area (Å²) in [7, 11) is 3.49. The van der Waals surface area contributed by atoms with E-state index in [4.69, 9.17) is 4.74 Å². The number of aliphatic imine (C=N–C) groups is 1. The molecule has 0 aliphatic rings. The Balaban J connectivity index is 1.40. The number of methoxy groups -OCH3 is 1. The third kappa shape index (κ3) is 6.37. The maximum atomic E-state index is 5.23. The molecule has 30 heavy (non-hydrogen) atoms. The number of aromatic nitrogens is 2. The molecule has 0 spiro atoms. The van der Waals surface area contributed by atoms with Crippen molar-refractivity contribution in [2.75, 3.05) is 20.7 Å². The van der Waals surface area contributed by atoms with Gasteiger partial charge in [-0.15, -0.1) is 0 Å². The van der Waals surface area contributed by atoms with Gasteiger partial charge in [0.2, 0.25) is 0 Å². The van der Waals surface area contributed by atoms with Gasteiger partial charge in [-0.05, 0) is 41.2 Å². The van der Waals surface area contributed by atoms with Crippen LogP contribution in [0.15, 0.2) is 72.2 Å². The van der Waals surface area contributed by atoms with Crippen LogP contribution in [0, 0.1) is 0 Å². The molecule has 158 valence electrons. The smallest absolute Gasteiger partial charge is 0.191 e. The zero-order chi connectivity index (χ0) is 21.2. The van der Waals surface area contributed by atoms with Crippen LogP contribution in [-0.2, 0) is 13.1 Å². The van der Waals surface area contributed by atoms with Gasteiger partial charge in [0.1, 0.15) is 5.75 Å². The van der Waals surface area contributed by atoms with Crippen molar-refractivity contribution >= 4 is 5.96 Å². The number of imidazole rings is 1. The molecule has 3 aromatic rings. The Kier molecular flexibility index (Phi) is 7.89. The summed E-state index contributed by atoms with van der Waals surface area (Å²) in [6, 6.07) is 16.9. The van der Waals surface area contributed by atoms with Crippen LogP contribution in [0.25, 0.3) is 0 Å². The van der Waals surface area contributed by atoms with E-state index < -0.39 is 0 Å². The van der Waals surface area contributed by atoms with Crippen LogP contribution in [0.5, 0.6) is 5.75 Å². The number of nitrogens with one attached hydrogen (secondary N) is 2. The van der Waals surface area contributed by atoms with Crippen molar-refractivity contribution in [3.8, 4) is 5.75 Å². The van der Waals surface area contributed by atoms with Gasteiger partial charge in [-0.2, -0.15) is 0 Å². The van der Waals surface area contributed by atoms with E-state index in [2.05, 4.69) is 68.5 Å². The van der Waals surface area contributed by atoms with E-state index in [1.54, 1.807) is 20.4 Å². The van der Waals surface area contributed by atoms with Gasteiger partial charge in [0.15, 0.2) is 5.96 Å². The van der Waals surface area contributed by atoms with Gasteiger partial charge >= 0.3 is 0 Å². The van der Waals surface area contributed by atoms with Crippen LogP contribution >= 0.6 is 0 Å². The molecule has 6 heteroatoms. The second kappa shape index (κ2) is 11.0. The lowest BCUT2D eigenvalue weighted by atomic mass is 9.98. The molecule has 1 unspecified atom stereocenters. The molecule has 1 heterocycles. The van der Waals surface area contributed by atoms with Crippen molar-refractivity contribution in [2.24, 2.45) is 4.99 Å². The van der Waals surface area contributed by atoms with Crippen LogP contribution in [0.2, 0.25) is 0 Å². The minimum atomic E-state index is 0.463. The van der Waals surface area contributed by atoms with Gasteiger partial charge in [-0.1, -0.05) is 43.3 Å². The zero-order valence-corrected chi connectivity index (χ0v) is 18.0. The molecule has 2 aromatic carbocycles. The summed E-state index contributed by atoms with van der Waals surface area (Å²) in [6.07, 6.45) is 6.63. The quantitative estimate of drug-likeness (QED) is 0.420. The second-order valence-electron chi connectivity index (χ2n) is 7.37. The Bertz CT molecular complexity index is 902. The molecule has 0 bridgehead atoms. The molecular formula is C24H31N5O. The van der Waals surface area contributed by atoms with Gasteiger partial charge < -0.3 is 19.9 Å². The average molecular weight is 406 g/mol. The van der Waals surface area contributed by atoms with Gasteiger partial charge in [0.05, 0.1) is 13.4 Å².